The van der Waals surface area contributed by atoms with Gasteiger partial charge in [0.1, 0.15) is 0 Å². The predicted molar refractivity (Wildman–Crippen MR) is 92.0 cm³/mol. The van der Waals surface area contributed by atoms with E-state index in [0.717, 1.165) is 64.6 Å². The zero-order chi connectivity index (χ0) is 16.8. The van der Waals surface area contributed by atoms with Gasteiger partial charge in [-0.25, -0.2) is 14.8 Å². The number of urea groups is 1. The van der Waals surface area contributed by atoms with Gasteiger partial charge in [0.25, 0.3) is 0 Å². The van der Waals surface area contributed by atoms with Crippen molar-refractivity contribution in [2.24, 2.45) is 5.92 Å². The maximum atomic E-state index is 12.6. The minimum atomic E-state index is 0.0326. The van der Waals surface area contributed by atoms with Crippen LogP contribution in [0.4, 0.5) is 10.7 Å². The van der Waals surface area contributed by atoms with Gasteiger partial charge in [-0.3, -0.25) is 0 Å². The van der Waals surface area contributed by atoms with E-state index in [1.807, 2.05) is 17.9 Å². The quantitative estimate of drug-likeness (QED) is 0.884. The Morgan fingerprint density at radius 2 is 2.25 bits per heavy atom. The molecule has 0 radical (unpaired) electrons. The molecule has 0 bridgehead atoms. The lowest BCUT2D eigenvalue weighted by molar-refractivity contribution is 0.164. The maximum Gasteiger partial charge on any atom is 0.317 e. The van der Waals surface area contributed by atoms with E-state index >= 15 is 0 Å². The Labute approximate surface area is 143 Å². The molecule has 0 spiro atoms. The van der Waals surface area contributed by atoms with Gasteiger partial charge in [0.15, 0.2) is 0 Å². The molecule has 7 heteroatoms. The van der Waals surface area contributed by atoms with Crippen molar-refractivity contribution >= 4 is 12.0 Å². The van der Waals surface area contributed by atoms with Gasteiger partial charge >= 0.3 is 6.03 Å². The van der Waals surface area contributed by atoms with Crippen LogP contribution in [0.3, 0.4) is 0 Å². The van der Waals surface area contributed by atoms with Crippen molar-refractivity contribution in [2.45, 2.75) is 32.2 Å². The number of piperidine rings is 1. The Morgan fingerprint density at radius 3 is 2.96 bits per heavy atom. The number of nitrogens with one attached hydrogen (secondary N) is 1. The molecule has 0 saturated carbocycles. The van der Waals surface area contributed by atoms with Crippen LogP contribution < -0.4 is 10.2 Å². The number of aromatic nitrogens is 2. The topological polar surface area (TPSA) is 70.6 Å². The van der Waals surface area contributed by atoms with Crippen molar-refractivity contribution in [3.63, 3.8) is 0 Å². The highest BCUT2D eigenvalue weighted by Gasteiger charge is 2.26. The number of carbonyl (C=O) groups is 1. The molecule has 1 N–H and O–H groups in total. The number of ether oxygens (including phenoxy) is 1. The van der Waals surface area contributed by atoms with Crippen molar-refractivity contribution in [1.82, 2.24) is 20.2 Å². The van der Waals surface area contributed by atoms with E-state index < -0.39 is 0 Å². The van der Waals surface area contributed by atoms with Crippen molar-refractivity contribution in [3.05, 3.63) is 18.5 Å². The van der Waals surface area contributed by atoms with Crippen LogP contribution in [-0.4, -0.2) is 66.3 Å². The number of nitrogens with zero attached hydrogens (tertiary/aromatic N) is 4. The van der Waals surface area contributed by atoms with Gasteiger partial charge in [0.05, 0.1) is 6.61 Å². The molecular formula is C17H27N5O2. The molecule has 2 aliphatic heterocycles. The summed E-state index contributed by atoms with van der Waals surface area (Å²) in [5.41, 5.74) is 0. The summed E-state index contributed by atoms with van der Waals surface area (Å²) in [6.07, 6.45) is 6.59. The second-order valence-corrected chi connectivity index (χ2v) is 6.55. The van der Waals surface area contributed by atoms with Gasteiger partial charge in [-0.05, 0) is 32.3 Å². The number of hydrogen-bond donors (Lipinski definition) is 1. The van der Waals surface area contributed by atoms with Crippen molar-refractivity contribution in [1.29, 1.82) is 0 Å². The van der Waals surface area contributed by atoms with Crippen molar-refractivity contribution < 1.29 is 9.53 Å². The summed E-state index contributed by atoms with van der Waals surface area (Å²) in [4.78, 5) is 25.3. The van der Waals surface area contributed by atoms with Crippen molar-refractivity contribution in [2.75, 3.05) is 44.3 Å². The summed E-state index contributed by atoms with van der Waals surface area (Å²) < 4.78 is 5.42. The lowest BCUT2D eigenvalue weighted by atomic mass is 10.1. The van der Waals surface area contributed by atoms with Crippen LogP contribution in [0.15, 0.2) is 18.5 Å². The van der Waals surface area contributed by atoms with Gasteiger partial charge in [-0.15, -0.1) is 0 Å². The Balaban J connectivity index is 1.52. The molecule has 2 aliphatic rings. The first-order chi connectivity index (χ1) is 11.8. The molecule has 2 fully saturated rings. The molecule has 1 aromatic heterocycles. The smallest absolute Gasteiger partial charge is 0.317 e. The van der Waals surface area contributed by atoms with Crippen LogP contribution in [0.1, 0.15) is 26.2 Å². The van der Waals surface area contributed by atoms with Crippen LogP contribution in [0.25, 0.3) is 0 Å². The van der Waals surface area contributed by atoms with E-state index in [-0.39, 0.29) is 12.1 Å². The third-order valence-electron chi connectivity index (χ3n) is 4.76. The maximum absolute atomic E-state index is 12.6. The molecule has 2 atom stereocenters. The highest BCUT2D eigenvalue weighted by Crippen LogP contribution is 2.17. The Hall–Kier alpha value is -1.89. The average Bonchev–Trinajstić information content (AvgIpc) is 3.14. The predicted octanol–water partition coefficient (Wildman–Crippen LogP) is 1.51. The summed E-state index contributed by atoms with van der Waals surface area (Å²) in [6, 6.07) is 1.99. The van der Waals surface area contributed by atoms with Gasteiger partial charge in [-0.2, -0.15) is 0 Å². The number of carbonyl (C=O) groups excluding carboxylic acids is 1. The number of hydrogen-bond acceptors (Lipinski definition) is 5. The van der Waals surface area contributed by atoms with E-state index in [4.69, 9.17) is 4.74 Å². The fraction of sp³-hybridized carbons (Fsp3) is 0.706. The fourth-order valence-corrected chi connectivity index (χ4v) is 3.39. The normalized spacial score (nSPS) is 24.0. The number of amides is 2. The molecule has 3 heterocycles. The van der Waals surface area contributed by atoms with Crippen LogP contribution in [-0.2, 0) is 4.74 Å². The van der Waals surface area contributed by atoms with Gasteiger partial charge in [0.2, 0.25) is 5.95 Å². The first kappa shape index (κ1) is 17.0. The standard InChI is InChI=1S/C17H27N5O2/c1-2-21(11-14-6-10-24-13-14)17(23)20-15-5-3-9-22(12-15)16-18-7-4-8-19-16/h4,7-8,14-15H,2-3,5-6,9-13H2,1H3,(H,20,23)/t14-,15+/m1/s1. The fourth-order valence-electron chi connectivity index (χ4n) is 3.39. The highest BCUT2D eigenvalue weighted by molar-refractivity contribution is 5.74. The number of rotatable bonds is 5. The lowest BCUT2D eigenvalue weighted by Crippen LogP contribution is -2.52. The molecule has 0 aliphatic carbocycles. The SMILES string of the molecule is CCN(C[C@H]1CCOC1)C(=O)N[C@H]1CCCN(c2ncccn2)C1. The van der Waals surface area contributed by atoms with E-state index in [2.05, 4.69) is 20.2 Å². The lowest BCUT2D eigenvalue weighted by Gasteiger charge is -2.34. The summed E-state index contributed by atoms with van der Waals surface area (Å²) in [7, 11) is 0. The molecule has 7 nitrogen and oxygen atoms in total. The summed E-state index contributed by atoms with van der Waals surface area (Å²) in [6.45, 7) is 6.82. The largest absolute Gasteiger partial charge is 0.381 e. The van der Waals surface area contributed by atoms with Crippen LogP contribution in [0.5, 0.6) is 0 Å². The molecule has 0 aromatic carbocycles. The minimum absolute atomic E-state index is 0.0326. The molecule has 2 amide bonds. The molecule has 1 aromatic rings. The highest BCUT2D eigenvalue weighted by atomic mass is 16.5. The third-order valence-corrected chi connectivity index (χ3v) is 4.76. The molecule has 3 rings (SSSR count). The van der Waals surface area contributed by atoms with Crippen molar-refractivity contribution in [3.8, 4) is 0 Å². The Bertz CT molecular complexity index is 521. The van der Waals surface area contributed by atoms with E-state index in [1.165, 1.54) is 0 Å². The third kappa shape index (κ3) is 4.35. The summed E-state index contributed by atoms with van der Waals surface area (Å²) in [5.74, 6) is 1.21. The second-order valence-electron chi connectivity index (χ2n) is 6.55. The van der Waals surface area contributed by atoms with Crippen LogP contribution in [0, 0.1) is 5.92 Å². The van der Waals surface area contributed by atoms with E-state index in [0.29, 0.717) is 5.92 Å². The summed E-state index contributed by atoms with van der Waals surface area (Å²) >= 11 is 0. The summed E-state index contributed by atoms with van der Waals surface area (Å²) in [5, 5.41) is 3.19. The van der Waals surface area contributed by atoms with Gasteiger partial charge in [0, 0.05) is 57.1 Å². The number of anilines is 1. The zero-order valence-corrected chi connectivity index (χ0v) is 14.4. The molecule has 24 heavy (non-hydrogen) atoms. The van der Waals surface area contributed by atoms with E-state index in [9.17, 15) is 4.79 Å². The molecule has 2 saturated heterocycles. The second kappa shape index (κ2) is 8.28. The molecular weight excluding hydrogens is 306 g/mol. The molecule has 0 unspecified atom stereocenters. The van der Waals surface area contributed by atoms with Crippen LogP contribution in [0.2, 0.25) is 0 Å². The van der Waals surface area contributed by atoms with Gasteiger partial charge in [-0.1, -0.05) is 0 Å². The Morgan fingerprint density at radius 1 is 1.42 bits per heavy atom. The molecule has 132 valence electrons. The first-order valence-corrected chi connectivity index (χ1v) is 8.91. The average molecular weight is 333 g/mol. The van der Waals surface area contributed by atoms with Gasteiger partial charge < -0.3 is 19.9 Å². The zero-order valence-electron chi connectivity index (χ0n) is 14.4. The monoisotopic (exact) mass is 333 g/mol. The minimum Gasteiger partial charge on any atom is -0.381 e. The van der Waals surface area contributed by atoms with Crippen LogP contribution >= 0.6 is 0 Å². The first-order valence-electron chi connectivity index (χ1n) is 8.91. The Kier molecular flexibility index (Phi) is 5.85. The van der Waals surface area contributed by atoms with E-state index in [1.54, 1.807) is 12.4 Å².